The van der Waals surface area contributed by atoms with Crippen molar-refractivity contribution in [1.82, 2.24) is 14.9 Å². The van der Waals surface area contributed by atoms with Crippen LogP contribution >= 0.6 is 11.6 Å². The Morgan fingerprint density at radius 1 is 1.29 bits per heavy atom. The van der Waals surface area contributed by atoms with E-state index in [-0.39, 0.29) is 11.0 Å². The van der Waals surface area contributed by atoms with Gasteiger partial charge < -0.3 is 4.90 Å². The summed E-state index contributed by atoms with van der Waals surface area (Å²) in [4.78, 5) is 23.4. The Bertz CT molecular complexity index is 568. The molecule has 0 N–H and O–H groups in total. The minimum absolute atomic E-state index is 0.0244. The lowest BCUT2D eigenvalue weighted by Gasteiger charge is -2.44. The van der Waals surface area contributed by atoms with E-state index in [9.17, 15) is 10.1 Å². The van der Waals surface area contributed by atoms with Crippen LogP contribution in [-0.4, -0.2) is 52.0 Å². The summed E-state index contributed by atoms with van der Waals surface area (Å²) in [5.41, 5.74) is 0.296. The molecule has 21 heavy (non-hydrogen) atoms. The molecule has 0 saturated carbocycles. The third kappa shape index (κ3) is 2.80. The van der Waals surface area contributed by atoms with Crippen LogP contribution in [0.15, 0.2) is 0 Å². The van der Waals surface area contributed by atoms with Crippen molar-refractivity contribution in [3.8, 4) is 0 Å². The minimum atomic E-state index is -0.408. The summed E-state index contributed by atoms with van der Waals surface area (Å²) in [5, 5.41) is 11.4. The molecule has 2 fully saturated rings. The molecule has 7 nitrogen and oxygen atoms in total. The van der Waals surface area contributed by atoms with E-state index < -0.39 is 4.92 Å². The van der Waals surface area contributed by atoms with Crippen molar-refractivity contribution in [2.24, 2.45) is 0 Å². The molecule has 0 aromatic carbocycles. The molecule has 0 aliphatic carbocycles. The van der Waals surface area contributed by atoms with Crippen molar-refractivity contribution >= 4 is 23.1 Å². The second-order valence-electron chi connectivity index (χ2n) is 5.64. The van der Waals surface area contributed by atoms with Gasteiger partial charge in [-0.3, -0.25) is 15.0 Å². The summed E-state index contributed by atoms with van der Waals surface area (Å²) >= 11 is 5.90. The van der Waals surface area contributed by atoms with Gasteiger partial charge in [-0.2, -0.15) is 4.98 Å². The molecular weight excluding hydrogens is 294 g/mol. The summed E-state index contributed by atoms with van der Waals surface area (Å²) in [5.74, 6) is 0.364. The lowest BCUT2D eigenvalue weighted by atomic mass is 9.99. The number of piperidine rings is 1. The van der Waals surface area contributed by atoms with Crippen molar-refractivity contribution in [1.29, 1.82) is 0 Å². The smallest absolute Gasteiger partial charge is 0.332 e. The molecule has 8 heteroatoms. The quantitative estimate of drug-likeness (QED) is 0.472. The first-order valence-corrected chi connectivity index (χ1v) is 7.61. The summed E-state index contributed by atoms with van der Waals surface area (Å²) in [7, 11) is 0. The van der Waals surface area contributed by atoms with Crippen LogP contribution in [0.3, 0.4) is 0 Å². The first-order chi connectivity index (χ1) is 10.1. The molecule has 1 atom stereocenters. The van der Waals surface area contributed by atoms with Crippen molar-refractivity contribution in [2.45, 2.75) is 32.2 Å². The summed E-state index contributed by atoms with van der Waals surface area (Å²) in [6, 6.07) is 0.459. The molecule has 0 bridgehead atoms. The Balaban J connectivity index is 1.91. The van der Waals surface area contributed by atoms with E-state index >= 15 is 0 Å². The molecule has 3 rings (SSSR count). The largest absolute Gasteiger partial charge is 0.348 e. The Kier molecular flexibility index (Phi) is 3.95. The zero-order chi connectivity index (χ0) is 15.0. The van der Waals surface area contributed by atoms with Crippen molar-refractivity contribution in [2.75, 3.05) is 31.1 Å². The van der Waals surface area contributed by atoms with Crippen LogP contribution in [0.25, 0.3) is 0 Å². The number of hydrogen-bond donors (Lipinski definition) is 0. The fourth-order valence-electron chi connectivity index (χ4n) is 3.30. The van der Waals surface area contributed by atoms with Crippen LogP contribution in [-0.2, 0) is 0 Å². The maximum atomic E-state index is 11.3. The number of nitrogens with zero attached hydrogens (tertiary/aromatic N) is 5. The van der Waals surface area contributed by atoms with Crippen LogP contribution in [0.1, 0.15) is 25.0 Å². The number of aryl methyl sites for hydroxylation is 1. The molecule has 0 spiro atoms. The predicted molar refractivity (Wildman–Crippen MR) is 79.9 cm³/mol. The zero-order valence-electron chi connectivity index (χ0n) is 12.0. The average molecular weight is 312 g/mol. The van der Waals surface area contributed by atoms with Crippen molar-refractivity contribution in [3.05, 3.63) is 21.1 Å². The van der Waals surface area contributed by atoms with Crippen molar-refractivity contribution < 1.29 is 4.92 Å². The van der Waals surface area contributed by atoms with E-state index in [1.54, 1.807) is 6.92 Å². The van der Waals surface area contributed by atoms with Gasteiger partial charge in [0.2, 0.25) is 11.1 Å². The first-order valence-electron chi connectivity index (χ1n) is 7.24. The van der Waals surface area contributed by atoms with Crippen LogP contribution in [0.5, 0.6) is 0 Å². The van der Waals surface area contributed by atoms with Crippen LogP contribution in [0, 0.1) is 17.0 Å². The van der Waals surface area contributed by atoms with E-state index in [4.69, 9.17) is 11.6 Å². The molecule has 1 aromatic rings. The van der Waals surface area contributed by atoms with Crippen LogP contribution < -0.4 is 4.90 Å². The van der Waals surface area contributed by atoms with Gasteiger partial charge in [-0.15, -0.1) is 0 Å². The van der Waals surface area contributed by atoms with Gasteiger partial charge in [0.15, 0.2) is 0 Å². The van der Waals surface area contributed by atoms with Gasteiger partial charge in [0.25, 0.3) is 0 Å². The molecule has 114 valence electrons. The number of anilines is 1. The summed E-state index contributed by atoms with van der Waals surface area (Å²) in [6.07, 6.45) is 3.61. The fourth-order valence-corrected chi connectivity index (χ4v) is 3.51. The Morgan fingerprint density at radius 3 is 2.86 bits per heavy atom. The zero-order valence-corrected chi connectivity index (χ0v) is 12.7. The predicted octanol–water partition coefficient (Wildman–Crippen LogP) is 2.02. The lowest BCUT2D eigenvalue weighted by molar-refractivity contribution is -0.385. The number of nitro groups is 1. The average Bonchev–Trinajstić information content (AvgIpc) is 2.45. The molecule has 2 aliphatic heterocycles. The van der Waals surface area contributed by atoms with Crippen molar-refractivity contribution in [3.63, 3.8) is 0 Å². The molecular formula is C13H18ClN5O2. The number of halogens is 1. The van der Waals surface area contributed by atoms with Gasteiger partial charge in [0, 0.05) is 25.7 Å². The third-order valence-electron chi connectivity index (χ3n) is 4.33. The molecule has 1 unspecified atom stereocenters. The summed E-state index contributed by atoms with van der Waals surface area (Å²) in [6.45, 7) is 5.16. The molecule has 2 saturated heterocycles. The Labute approximate surface area is 128 Å². The number of hydrogen-bond acceptors (Lipinski definition) is 6. The molecule has 0 radical (unpaired) electrons. The number of fused-ring (bicyclic) bond motifs is 1. The normalized spacial score (nSPS) is 23.0. The van der Waals surface area contributed by atoms with Gasteiger partial charge >= 0.3 is 5.69 Å². The highest BCUT2D eigenvalue weighted by Crippen LogP contribution is 2.32. The third-order valence-corrected chi connectivity index (χ3v) is 4.50. The maximum Gasteiger partial charge on any atom is 0.332 e. The number of rotatable bonds is 2. The molecule has 1 aromatic heterocycles. The Hall–Kier alpha value is -1.47. The van der Waals surface area contributed by atoms with Gasteiger partial charge in [-0.05, 0) is 37.9 Å². The lowest BCUT2D eigenvalue weighted by Crippen LogP contribution is -2.55. The first kappa shape index (κ1) is 14.5. The van der Waals surface area contributed by atoms with Crippen LogP contribution in [0.4, 0.5) is 11.5 Å². The highest BCUT2D eigenvalue weighted by Gasteiger charge is 2.33. The van der Waals surface area contributed by atoms with E-state index in [1.165, 1.54) is 12.8 Å². The van der Waals surface area contributed by atoms with Crippen LogP contribution in [0.2, 0.25) is 5.28 Å². The van der Waals surface area contributed by atoms with E-state index in [0.29, 0.717) is 17.6 Å². The highest BCUT2D eigenvalue weighted by atomic mass is 35.5. The number of aromatic nitrogens is 2. The SMILES string of the molecule is Cc1nc(Cl)nc(N2CCN3CCCCC3C2)c1[N+](=O)[O-]. The standard InChI is InChI=1S/C13H18ClN5O2/c1-9-11(19(20)21)12(16-13(14)15-9)18-7-6-17-5-3-2-4-10(17)8-18/h10H,2-8H2,1H3. The van der Waals surface area contributed by atoms with E-state index in [1.807, 2.05) is 4.90 Å². The second kappa shape index (κ2) is 5.73. The monoisotopic (exact) mass is 311 g/mol. The van der Waals surface area contributed by atoms with Gasteiger partial charge in [0.05, 0.1) is 4.92 Å². The minimum Gasteiger partial charge on any atom is -0.348 e. The molecule has 2 aliphatic rings. The summed E-state index contributed by atoms with van der Waals surface area (Å²) < 4.78 is 0. The molecule has 0 amide bonds. The van der Waals surface area contributed by atoms with Gasteiger partial charge in [0.1, 0.15) is 5.69 Å². The van der Waals surface area contributed by atoms with Gasteiger partial charge in [-0.1, -0.05) is 6.42 Å². The van der Waals surface area contributed by atoms with E-state index in [2.05, 4.69) is 14.9 Å². The Morgan fingerprint density at radius 2 is 2.10 bits per heavy atom. The van der Waals surface area contributed by atoms with Gasteiger partial charge in [-0.25, -0.2) is 4.98 Å². The highest BCUT2D eigenvalue weighted by molar-refractivity contribution is 6.28. The second-order valence-corrected chi connectivity index (χ2v) is 5.98. The van der Waals surface area contributed by atoms with E-state index in [0.717, 1.165) is 32.6 Å². The fraction of sp³-hybridized carbons (Fsp3) is 0.692. The molecule has 3 heterocycles. The number of piperazine rings is 1. The maximum absolute atomic E-state index is 11.3. The topological polar surface area (TPSA) is 75.4 Å².